The Balaban J connectivity index is -0.00000000312. The smallest absolute Gasteiger partial charge is 1.00 e. The molecule has 0 amide bonds. The monoisotopic (exact) mass is 516 g/mol. The minimum Gasteiger partial charge on any atom is -1.00 e. The molecule has 0 atom stereocenters. The summed E-state index contributed by atoms with van der Waals surface area (Å²) >= 11 is 0. The summed E-state index contributed by atoms with van der Waals surface area (Å²) in [7, 11) is -10.9. The largest absolute Gasteiger partial charge is 3.00 e. The van der Waals surface area contributed by atoms with Crippen molar-refractivity contribution in [3.8, 4) is 0 Å². The van der Waals surface area contributed by atoms with Gasteiger partial charge in [0.1, 0.15) is 0 Å². The van der Waals surface area contributed by atoms with Crippen LogP contribution in [0.25, 0.3) is 0 Å². The molecule has 0 saturated carbocycles. The van der Waals surface area contributed by atoms with Gasteiger partial charge in [0.15, 0.2) is 0 Å². The third-order valence-corrected chi connectivity index (χ3v) is 0. The van der Waals surface area contributed by atoms with E-state index >= 15 is 0 Å². The molecule has 0 fully saturated rings. The molecule has 24 heavy (non-hydrogen) atoms. The molecule has 0 saturated heterocycles. The van der Waals surface area contributed by atoms with E-state index in [1.54, 1.807) is 0 Å². The maximum atomic E-state index is 8.52. The Morgan fingerprint density at radius 1 is 0.458 bits per heavy atom. The van der Waals surface area contributed by atoms with Crippen LogP contribution in [0.15, 0.2) is 0 Å². The van der Waals surface area contributed by atoms with Gasteiger partial charge in [0.2, 0.25) is 0 Å². The molecule has 120 valence electrons. The maximum Gasteiger partial charge on any atom is 3.00 e. The van der Waals surface area contributed by atoms with Gasteiger partial charge in [-0.3, -0.25) is 0 Å². The summed E-state index contributed by atoms with van der Waals surface area (Å²) in [5.41, 5.74) is 0. The summed E-state index contributed by atoms with van der Waals surface area (Å²) in [6.45, 7) is 0. The first-order valence-electron chi connectivity index (χ1n) is 1.84. The second-order valence-corrected chi connectivity index (χ2v) is 2.25. The average molecular weight is 517 g/mol. The quantitative estimate of drug-likeness (QED) is 0.271. The molecule has 0 aromatic rings. The molecule has 0 aromatic carbocycles. The Labute approximate surface area is 277 Å². The summed E-state index contributed by atoms with van der Waals surface area (Å²) in [4.78, 5) is 51.1. The number of hydrogen-bond donors (Lipinski definition) is 0. The normalized spacial score (nSPS) is 3.00. The van der Waals surface area contributed by atoms with E-state index in [4.69, 9.17) is 42.2 Å². The molecule has 0 aromatic heterocycles. The van der Waals surface area contributed by atoms with Crippen molar-refractivity contribution in [2.24, 2.45) is 0 Å². The Morgan fingerprint density at radius 2 is 0.458 bits per heavy atom. The third kappa shape index (κ3) is 883. The SMILES string of the molecule is O=[Si]([O-])[O-].O=[Si]([O-])[O-].O=[Si]([O-])[O-].[Al+3].[Al+3].[F-].[F-].[F-].[K+].[K+].[Mg+2].[Mg+2].[OH-].[OH-].[OH-]. The first-order valence-corrected chi connectivity index (χ1v) is 5.51. The van der Waals surface area contributed by atoms with Crippen LogP contribution in [0.1, 0.15) is 0 Å². The van der Waals surface area contributed by atoms with E-state index in [1.165, 1.54) is 0 Å². The minimum absolute atomic E-state index is 0. The van der Waals surface area contributed by atoms with Crippen LogP contribution < -0.4 is 146 Å². The molecule has 0 aliphatic heterocycles. The molecule has 12 nitrogen and oxygen atoms in total. The summed E-state index contributed by atoms with van der Waals surface area (Å²) in [5, 5.41) is 0. The summed E-state index contributed by atoms with van der Waals surface area (Å²) in [5.74, 6) is 0. The van der Waals surface area contributed by atoms with Gasteiger partial charge in [0.05, 0.1) is 0 Å². The number of halogens is 3. The van der Waals surface area contributed by atoms with Gasteiger partial charge >= 0.3 is 184 Å². The molecule has 0 spiro atoms. The first-order chi connectivity index (χ1) is 5.20. The summed E-state index contributed by atoms with van der Waals surface area (Å²) in [6.07, 6.45) is 0. The van der Waals surface area contributed by atoms with Gasteiger partial charge in [-0.15, -0.1) is 0 Å². The molecule has 0 unspecified atom stereocenters. The van der Waals surface area contributed by atoms with Crippen LogP contribution >= 0.6 is 0 Å². The molecular weight excluding hydrogens is 514 g/mol. The topological polar surface area (TPSA) is 280 Å². The van der Waals surface area contributed by atoms with Crippen LogP contribution in [0.5, 0.6) is 0 Å². The van der Waals surface area contributed by atoms with E-state index < -0.39 is 27.5 Å². The van der Waals surface area contributed by atoms with Gasteiger partial charge in [-0.25, -0.2) is 0 Å². The zero-order chi connectivity index (χ0) is 10.7. The number of hydrogen-bond acceptors (Lipinski definition) is 12. The predicted octanol–water partition coefficient (Wildman–Crippen LogP) is -25.7. The van der Waals surface area contributed by atoms with Gasteiger partial charge in [0, 0.05) is 27.5 Å². The van der Waals surface area contributed by atoms with Crippen molar-refractivity contribution < 1.29 is 175 Å². The first kappa shape index (κ1) is 119. The minimum atomic E-state index is -3.63. The maximum absolute atomic E-state index is 8.52. The van der Waals surface area contributed by atoms with Crippen molar-refractivity contribution >= 4 is 108 Å². The molecule has 3 N–H and O–H groups in total. The standard InChI is InChI=1S/2Al.3FH.2K.2Mg.3O3Si.3H2O/c;;;;;;;;;3*1-4(2)3;;;/h;;3*1H;;;;;;;;3*1H2/q2*+3;;;;2*+1;2*+2;3*-2;;;/p-6. The van der Waals surface area contributed by atoms with Crippen LogP contribution in [0.3, 0.4) is 0 Å². The number of rotatable bonds is 0. The van der Waals surface area contributed by atoms with E-state index in [2.05, 4.69) is 0 Å². The molecule has 0 bridgehead atoms. The Morgan fingerprint density at radius 3 is 0.458 bits per heavy atom. The van der Waals surface area contributed by atoms with E-state index in [0.717, 1.165) is 0 Å². The summed E-state index contributed by atoms with van der Waals surface area (Å²) in [6, 6.07) is 0. The van der Waals surface area contributed by atoms with Crippen LogP contribution in [0.2, 0.25) is 0 Å². The molecule has 0 aliphatic carbocycles. The molecule has 0 aliphatic rings. The van der Waals surface area contributed by atoms with E-state index in [-0.39, 0.29) is 214 Å². The van der Waals surface area contributed by atoms with Crippen LogP contribution in [0.4, 0.5) is 0 Å². The zero-order valence-electron chi connectivity index (χ0n) is 12.2. The van der Waals surface area contributed by atoms with Gasteiger partial charge in [-0.2, -0.15) is 0 Å². The fraction of sp³-hybridized carbons (Fsp3) is 0. The van der Waals surface area contributed by atoms with Crippen molar-refractivity contribution in [2.75, 3.05) is 0 Å². The second-order valence-electron chi connectivity index (χ2n) is 0.750. The zero-order valence-corrected chi connectivity index (χ0v) is 26.6. The Bertz CT molecular complexity index is 149. The van der Waals surface area contributed by atoms with Gasteiger partial charge in [-0.05, 0) is 0 Å². The van der Waals surface area contributed by atoms with Gasteiger partial charge in [-0.1, -0.05) is 0 Å². The van der Waals surface area contributed by atoms with E-state index in [1.807, 2.05) is 0 Å². The molecule has 0 heterocycles. The molecular formula is H3Al2F3K2Mg2O12Si3. The average Bonchev–Trinajstić information content (AvgIpc) is 1.54. The van der Waals surface area contributed by atoms with E-state index in [9.17, 15) is 0 Å². The van der Waals surface area contributed by atoms with Gasteiger partial charge in [0.25, 0.3) is 0 Å². The third-order valence-electron chi connectivity index (χ3n) is 0. The predicted molar refractivity (Wildman–Crippen MR) is 48.1 cm³/mol. The van der Waals surface area contributed by atoms with Gasteiger partial charge < -0.3 is 72.7 Å². The van der Waals surface area contributed by atoms with Crippen molar-refractivity contribution in [1.29, 1.82) is 0 Å². The molecule has 24 heteroatoms. The van der Waals surface area contributed by atoms with Crippen LogP contribution in [0, 0.1) is 0 Å². The van der Waals surface area contributed by atoms with Crippen molar-refractivity contribution in [3.05, 3.63) is 0 Å². The van der Waals surface area contributed by atoms with E-state index in [0.29, 0.717) is 0 Å². The Hall–Kier alpha value is 4.39. The fourth-order valence-corrected chi connectivity index (χ4v) is 0. The van der Waals surface area contributed by atoms with Crippen LogP contribution in [-0.2, 0) is 13.4 Å². The van der Waals surface area contributed by atoms with Crippen LogP contribution in [-0.4, -0.2) is 125 Å². The Kier molecular flexibility index (Phi) is 527. The van der Waals surface area contributed by atoms with Crippen molar-refractivity contribution in [1.82, 2.24) is 0 Å². The van der Waals surface area contributed by atoms with Crippen molar-refractivity contribution in [2.45, 2.75) is 0 Å². The molecule has 0 radical (unpaired) electrons. The fourth-order valence-electron chi connectivity index (χ4n) is 0. The summed E-state index contributed by atoms with van der Waals surface area (Å²) < 4.78 is 25.6. The van der Waals surface area contributed by atoms with Crippen molar-refractivity contribution in [3.63, 3.8) is 0 Å². The second kappa shape index (κ2) is 106. The molecule has 0 rings (SSSR count).